The molecule has 0 heterocycles. The largest absolute Gasteiger partial charge is 0.497 e. The molecule has 0 bridgehead atoms. The molecule has 5 heteroatoms. The maximum Gasteiger partial charge on any atom is 0.317 e. The Kier molecular flexibility index (Phi) is 5.54. The predicted octanol–water partition coefficient (Wildman–Crippen LogP) is 3.89. The zero-order valence-electron chi connectivity index (χ0n) is 15.1. The number of benzene rings is 2. The van der Waals surface area contributed by atoms with Crippen LogP contribution in [0.3, 0.4) is 0 Å². The van der Waals surface area contributed by atoms with Crippen molar-refractivity contribution in [3.05, 3.63) is 64.2 Å². The van der Waals surface area contributed by atoms with Crippen molar-refractivity contribution >= 4 is 17.6 Å². The summed E-state index contributed by atoms with van der Waals surface area (Å²) in [5.74, 6) is 0.210. The quantitative estimate of drug-likeness (QED) is 0.773. The van der Waals surface area contributed by atoms with Crippen molar-refractivity contribution in [1.82, 2.24) is 5.32 Å². The van der Waals surface area contributed by atoms with E-state index in [-0.39, 0.29) is 17.9 Å². The van der Waals surface area contributed by atoms with Gasteiger partial charge in [-0.1, -0.05) is 36.7 Å². The summed E-state index contributed by atoms with van der Waals surface area (Å²) in [4.78, 5) is 10.9. The molecule has 3 rings (SSSR count). The number of halogens is 1. The normalized spacial score (nSPS) is 19.8. The van der Waals surface area contributed by atoms with Gasteiger partial charge >= 0.3 is 5.97 Å². The molecule has 0 aromatic heterocycles. The minimum absolute atomic E-state index is 0.0312. The maximum atomic E-state index is 10.9. The molecule has 2 aromatic carbocycles. The van der Waals surface area contributed by atoms with E-state index in [2.05, 4.69) is 36.5 Å². The van der Waals surface area contributed by atoms with Gasteiger partial charge in [-0.15, -0.1) is 0 Å². The Morgan fingerprint density at radius 1 is 1.31 bits per heavy atom. The fourth-order valence-corrected chi connectivity index (χ4v) is 4.42. The lowest BCUT2D eigenvalue weighted by molar-refractivity contribution is -0.136. The first-order valence-electron chi connectivity index (χ1n) is 8.83. The molecule has 0 fully saturated rings. The minimum Gasteiger partial charge on any atom is -0.497 e. The van der Waals surface area contributed by atoms with Crippen molar-refractivity contribution in [2.75, 3.05) is 20.2 Å². The van der Waals surface area contributed by atoms with Gasteiger partial charge in [-0.2, -0.15) is 0 Å². The Bertz CT molecular complexity index is 790. The number of carboxylic acids is 1. The summed E-state index contributed by atoms with van der Waals surface area (Å²) in [6.45, 7) is 2.78. The third-order valence-electron chi connectivity index (χ3n) is 5.51. The van der Waals surface area contributed by atoms with Crippen LogP contribution in [0, 0.1) is 5.92 Å². The van der Waals surface area contributed by atoms with Gasteiger partial charge in [0.2, 0.25) is 0 Å². The first-order chi connectivity index (χ1) is 12.5. The molecule has 0 saturated carbocycles. The van der Waals surface area contributed by atoms with E-state index in [0.29, 0.717) is 6.54 Å². The molecule has 0 amide bonds. The maximum absolute atomic E-state index is 10.9. The van der Waals surface area contributed by atoms with Crippen LogP contribution in [0.15, 0.2) is 42.5 Å². The third kappa shape index (κ3) is 3.44. The zero-order chi connectivity index (χ0) is 18.7. The van der Waals surface area contributed by atoms with Crippen molar-refractivity contribution in [1.29, 1.82) is 0 Å². The van der Waals surface area contributed by atoms with Gasteiger partial charge in [0.15, 0.2) is 0 Å². The van der Waals surface area contributed by atoms with Crippen LogP contribution in [0.5, 0.6) is 5.75 Å². The van der Waals surface area contributed by atoms with Crippen LogP contribution >= 0.6 is 11.6 Å². The smallest absolute Gasteiger partial charge is 0.317 e. The van der Waals surface area contributed by atoms with Crippen LogP contribution in [-0.4, -0.2) is 31.3 Å². The van der Waals surface area contributed by atoms with Crippen LogP contribution in [0.2, 0.25) is 5.02 Å². The van der Waals surface area contributed by atoms with Gasteiger partial charge in [0, 0.05) is 10.4 Å². The number of ether oxygens (including phenoxy) is 1. The first kappa shape index (κ1) is 18.7. The van der Waals surface area contributed by atoms with Crippen LogP contribution in [-0.2, 0) is 16.6 Å². The van der Waals surface area contributed by atoms with E-state index >= 15 is 0 Å². The van der Waals surface area contributed by atoms with Crippen molar-refractivity contribution in [3.63, 3.8) is 0 Å². The van der Waals surface area contributed by atoms with E-state index in [4.69, 9.17) is 21.4 Å². The van der Waals surface area contributed by atoms with Crippen LogP contribution < -0.4 is 10.1 Å². The predicted molar refractivity (Wildman–Crippen MR) is 103 cm³/mol. The van der Waals surface area contributed by atoms with E-state index < -0.39 is 5.97 Å². The Hall–Kier alpha value is -2.04. The van der Waals surface area contributed by atoms with E-state index in [1.54, 1.807) is 7.11 Å². The van der Waals surface area contributed by atoms with Gasteiger partial charge in [0.1, 0.15) is 5.75 Å². The summed E-state index contributed by atoms with van der Waals surface area (Å²) in [5, 5.41) is 12.8. The zero-order valence-corrected chi connectivity index (χ0v) is 15.8. The number of fused-ring (bicyclic) bond motifs is 1. The fraction of sp³-hybridized carbons (Fsp3) is 0.381. The molecule has 26 heavy (non-hydrogen) atoms. The van der Waals surface area contributed by atoms with E-state index in [0.717, 1.165) is 23.6 Å². The lowest BCUT2D eigenvalue weighted by Gasteiger charge is -2.38. The molecule has 2 N–H and O–H groups in total. The summed E-state index contributed by atoms with van der Waals surface area (Å²) < 4.78 is 5.31. The Labute approximate surface area is 159 Å². The number of hydrogen-bond donors (Lipinski definition) is 2. The summed E-state index contributed by atoms with van der Waals surface area (Å²) in [6, 6.07) is 14.3. The highest BCUT2D eigenvalue weighted by atomic mass is 35.5. The van der Waals surface area contributed by atoms with Crippen LogP contribution in [0.25, 0.3) is 0 Å². The molecule has 4 nitrogen and oxygen atoms in total. The number of carbonyl (C=O) groups is 1. The number of carboxylic acid groups (broad SMARTS) is 1. The number of aryl methyl sites for hydroxylation is 1. The standard InChI is InChI=1S/C21H24ClNO3/c1-14(12-23-13-20(24)25)21(16-3-6-18(26-2)7-4-16)10-9-15-11-17(22)5-8-19(15)21/h3-8,11,14,23H,9-10,12-13H2,1-2H3,(H,24,25). The second-order valence-electron chi connectivity index (χ2n) is 6.93. The van der Waals surface area contributed by atoms with Crippen LogP contribution in [0.1, 0.15) is 30.0 Å². The molecule has 2 unspecified atom stereocenters. The van der Waals surface area contributed by atoms with Gasteiger partial charge in [0.25, 0.3) is 0 Å². The molecule has 0 spiro atoms. The monoisotopic (exact) mass is 373 g/mol. The van der Waals surface area contributed by atoms with E-state index in [1.807, 2.05) is 18.2 Å². The first-order valence-corrected chi connectivity index (χ1v) is 9.21. The number of methoxy groups -OCH3 is 1. The van der Waals surface area contributed by atoms with E-state index in [1.165, 1.54) is 16.7 Å². The van der Waals surface area contributed by atoms with Gasteiger partial charge in [-0.25, -0.2) is 0 Å². The molecule has 0 radical (unpaired) electrons. The highest BCUT2D eigenvalue weighted by Crippen LogP contribution is 2.49. The molecule has 2 atom stereocenters. The van der Waals surface area contributed by atoms with E-state index in [9.17, 15) is 4.79 Å². The number of aliphatic carboxylic acids is 1. The van der Waals surface area contributed by atoms with Gasteiger partial charge in [0.05, 0.1) is 13.7 Å². The summed E-state index contributed by atoms with van der Waals surface area (Å²) >= 11 is 6.21. The Balaban J connectivity index is 2.01. The molecule has 1 aliphatic rings. The van der Waals surface area contributed by atoms with Crippen molar-refractivity contribution in [2.24, 2.45) is 5.92 Å². The van der Waals surface area contributed by atoms with Crippen LogP contribution in [0.4, 0.5) is 0 Å². The number of hydrogen-bond acceptors (Lipinski definition) is 3. The second-order valence-corrected chi connectivity index (χ2v) is 7.36. The third-order valence-corrected chi connectivity index (χ3v) is 5.74. The lowest BCUT2D eigenvalue weighted by atomic mass is 9.67. The highest BCUT2D eigenvalue weighted by molar-refractivity contribution is 6.30. The summed E-state index contributed by atoms with van der Waals surface area (Å²) in [6.07, 6.45) is 1.94. The lowest BCUT2D eigenvalue weighted by Crippen LogP contribution is -2.40. The van der Waals surface area contributed by atoms with Crippen molar-refractivity contribution < 1.29 is 14.6 Å². The topological polar surface area (TPSA) is 58.6 Å². The molecule has 0 aliphatic heterocycles. The number of nitrogens with one attached hydrogen (secondary N) is 1. The number of rotatable bonds is 7. The second kappa shape index (κ2) is 7.68. The molecular weight excluding hydrogens is 350 g/mol. The van der Waals surface area contributed by atoms with Gasteiger partial charge in [-0.3, -0.25) is 4.79 Å². The Morgan fingerprint density at radius 2 is 2.04 bits per heavy atom. The summed E-state index contributed by atoms with van der Waals surface area (Å²) in [5.41, 5.74) is 3.62. The molecule has 1 aliphatic carbocycles. The molecule has 138 valence electrons. The average molecular weight is 374 g/mol. The Morgan fingerprint density at radius 3 is 2.69 bits per heavy atom. The van der Waals surface area contributed by atoms with Crippen molar-refractivity contribution in [2.45, 2.75) is 25.2 Å². The SMILES string of the molecule is COc1ccc(C2(C(C)CNCC(=O)O)CCc3cc(Cl)ccc32)cc1. The molecule has 0 saturated heterocycles. The fourth-order valence-electron chi connectivity index (χ4n) is 4.23. The highest BCUT2D eigenvalue weighted by Gasteiger charge is 2.44. The summed E-state index contributed by atoms with van der Waals surface area (Å²) in [7, 11) is 1.66. The average Bonchev–Trinajstić information content (AvgIpc) is 3.01. The molecule has 2 aromatic rings. The van der Waals surface area contributed by atoms with Gasteiger partial charge < -0.3 is 15.2 Å². The minimum atomic E-state index is -0.839. The van der Waals surface area contributed by atoms with Gasteiger partial charge in [-0.05, 0) is 66.3 Å². The van der Waals surface area contributed by atoms with Crippen molar-refractivity contribution in [3.8, 4) is 5.75 Å². The molecular formula is C21H24ClNO3.